The second-order valence-corrected chi connectivity index (χ2v) is 6.56. The Kier molecular flexibility index (Phi) is 3.02. The van der Waals surface area contributed by atoms with E-state index in [1.54, 1.807) is 0 Å². The molecule has 0 bridgehead atoms. The fraction of sp³-hybridized carbons (Fsp3) is 0.368. The summed E-state index contributed by atoms with van der Waals surface area (Å²) in [6.07, 6.45) is 0. The van der Waals surface area contributed by atoms with Gasteiger partial charge in [0.15, 0.2) is 11.5 Å². The first kappa shape index (κ1) is 14.1. The highest BCUT2D eigenvalue weighted by Crippen LogP contribution is 2.52. The zero-order valence-corrected chi connectivity index (χ0v) is 13.5. The Bertz CT molecular complexity index is 793. The van der Waals surface area contributed by atoms with Gasteiger partial charge in [0.2, 0.25) is 0 Å². The van der Waals surface area contributed by atoms with Gasteiger partial charge < -0.3 is 14.2 Å². The number of hydroxylamine groups is 2. The fourth-order valence-corrected chi connectivity index (χ4v) is 4.05. The monoisotopic (exact) mass is 325 g/mol. The summed E-state index contributed by atoms with van der Waals surface area (Å²) in [6.45, 7) is 2.35. The number of hydrogen-bond acceptors (Lipinski definition) is 5. The van der Waals surface area contributed by atoms with Crippen LogP contribution in [0.5, 0.6) is 17.2 Å². The number of rotatable bonds is 1. The van der Waals surface area contributed by atoms with E-state index in [1.807, 2.05) is 36.4 Å². The van der Waals surface area contributed by atoms with E-state index < -0.39 is 0 Å². The van der Waals surface area contributed by atoms with Crippen LogP contribution in [0.4, 0.5) is 0 Å². The van der Waals surface area contributed by atoms with Crippen LogP contribution >= 0.6 is 0 Å². The zero-order valence-electron chi connectivity index (χ0n) is 13.5. The average Bonchev–Trinajstić information content (AvgIpc) is 3.00. The Hall–Kier alpha value is -2.24. The maximum atomic E-state index is 6.11. The van der Waals surface area contributed by atoms with Gasteiger partial charge in [0.1, 0.15) is 25.6 Å². The standard InChI is InChI=1S/C19H19NO4/c1-20-18-14-4-2-3-5-15(14)23-11-19(18,12-24-20)13-6-7-16-17(10-13)22-9-8-21-16/h2-7,10,18H,8-9,11-12H2,1H3. The van der Waals surface area contributed by atoms with E-state index in [0.29, 0.717) is 26.4 Å². The molecular formula is C19H19NO4. The number of ether oxygens (including phenoxy) is 3. The quantitative estimate of drug-likeness (QED) is 0.806. The topological polar surface area (TPSA) is 40.2 Å². The van der Waals surface area contributed by atoms with Gasteiger partial charge in [-0.25, -0.2) is 0 Å². The molecule has 0 N–H and O–H groups in total. The first-order valence-electron chi connectivity index (χ1n) is 8.25. The second kappa shape index (κ2) is 5.13. The molecule has 24 heavy (non-hydrogen) atoms. The summed E-state index contributed by atoms with van der Waals surface area (Å²) in [4.78, 5) is 5.94. The summed E-state index contributed by atoms with van der Waals surface area (Å²) < 4.78 is 17.5. The lowest BCUT2D eigenvalue weighted by Gasteiger charge is -2.40. The van der Waals surface area contributed by atoms with Crippen molar-refractivity contribution < 1.29 is 19.0 Å². The van der Waals surface area contributed by atoms with Crippen LogP contribution in [0, 0.1) is 0 Å². The molecule has 5 nitrogen and oxygen atoms in total. The van der Waals surface area contributed by atoms with Crippen molar-refractivity contribution in [2.45, 2.75) is 11.5 Å². The van der Waals surface area contributed by atoms with Gasteiger partial charge in [-0.15, -0.1) is 0 Å². The van der Waals surface area contributed by atoms with Crippen molar-refractivity contribution in [1.82, 2.24) is 5.06 Å². The third-order valence-corrected chi connectivity index (χ3v) is 5.23. The highest BCUT2D eigenvalue weighted by atomic mass is 16.7. The molecule has 2 unspecified atom stereocenters. The molecule has 124 valence electrons. The Morgan fingerprint density at radius 1 is 0.917 bits per heavy atom. The van der Waals surface area contributed by atoms with Crippen molar-refractivity contribution in [3.8, 4) is 17.2 Å². The van der Waals surface area contributed by atoms with Crippen molar-refractivity contribution in [1.29, 1.82) is 0 Å². The smallest absolute Gasteiger partial charge is 0.161 e. The van der Waals surface area contributed by atoms with Crippen LogP contribution in [-0.2, 0) is 10.3 Å². The predicted molar refractivity (Wildman–Crippen MR) is 87.5 cm³/mol. The van der Waals surface area contributed by atoms with Gasteiger partial charge in [-0.3, -0.25) is 4.84 Å². The highest BCUT2D eigenvalue weighted by Gasteiger charge is 2.53. The van der Waals surface area contributed by atoms with E-state index in [4.69, 9.17) is 19.0 Å². The summed E-state index contributed by atoms with van der Waals surface area (Å²) in [6, 6.07) is 14.5. The van der Waals surface area contributed by atoms with Crippen LogP contribution in [0.1, 0.15) is 17.2 Å². The molecule has 0 aromatic heterocycles. The van der Waals surface area contributed by atoms with Gasteiger partial charge in [-0.1, -0.05) is 24.3 Å². The van der Waals surface area contributed by atoms with E-state index >= 15 is 0 Å². The van der Waals surface area contributed by atoms with Crippen LogP contribution in [-0.4, -0.2) is 38.5 Å². The van der Waals surface area contributed by atoms with Gasteiger partial charge in [0.25, 0.3) is 0 Å². The van der Waals surface area contributed by atoms with Crippen LogP contribution in [0.3, 0.4) is 0 Å². The summed E-state index contributed by atoms with van der Waals surface area (Å²) in [5, 5.41) is 1.96. The number of likely N-dealkylation sites (N-methyl/N-ethyl adjacent to an activating group) is 1. The molecule has 2 atom stereocenters. The molecule has 1 saturated heterocycles. The van der Waals surface area contributed by atoms with Crippen molar-refractivity contribution in [3.63, 3.8) is 0 Å². The minimum Gasteiger partial charge on any atom is -0.492 e. The molecule has 0 amide bonds. The molecule has 0 aliphatic carbocycles. The Labute approximate surface area is 140 Å². The normalized spacial score (nSPS) is 28.0. The summed E-state index contributed by atoms with van der Waals surface area (Å²) >= 11 is 0. The van der Waals surface area contributed by atoms with Crippen molar-refractivity contribution in [3.05, 3.63) is 53.6 Å². The summed E-state index contributed by atoms with van der Waals surface area (Å²) in [5.41, 5.74) is 2.08. The van der Waals surface area contributed by atoms with Crippen LogP contribution < -0.4 is 14.2 Å². The maximum absolute atomic E-state index is 6.11. The molecule has 2 aromatic rings. The molecule has 0 spiro atoms. The Balaban J connectivity index is 1.64. The molecule has 0 radical (unpaired) electrons. The lowest BCUT2D eigenvalue weighted by Crippen LogP contribution is -2.44. The highest BCUT2D eigenvalue weighted by molar-refractivity contribution is 5.50. The summed E-state index contributed by atoms with van der Waals surface area (Å²) in [7, 11) is 1.99. The molecule has 3 aliphatic rings. The first-order valence-corrected chi connectivity index (χ1v) is 8.25. The SMILES string of the molecule is CN1OCC2(c3ccc4c(c3)OCCO4)COc3ccccc3C12. The van der Waals surface area contributed by atoms with Crippen LogP contribution in [0.25, 0.3) is 0 Å². The lowest BCUT2D eigenvalue weighted by molar-refractivity contribution is -0.111. The number of nitrogens with zero attached hydrogens (tertiary/aromatic N) is 1. The molecular weight excluding hydrogens is 306 g/mol. The zero-order chi connectivity index (χ0) is 16.1. The average molecular weight is 325 g/mol. The van der Waals surface area contributed by atoms with Gasteiger partial charge in [-0.05, 0) is 23.8 Å². The molecule has 1 fully saturated rings. The second-order valence-electron chi connectivity index (χ2n) is 6.56. The third kappa shape index (κ3) is 1.88. The minimum atomic E-state index is -0.251. The van der Waals surface area contributed by atoms with E-state index in [0.717, 1.165) is 22.8 Å². The van der Waals surface area contributed by atoms with Gasteiger partial charge in [-0.2, -0.15) is 5.06 Å². The molecule has 3 aliphatic heterocycles. The minimum absolute atomic E-state index is 0.116. The summed E-state index contributed by atoms with van der Waals surface area (Å²) in [5.74, 6) is 2.55. The first-order chi connectivity index (χ1) is 11.8. The Morgan fingerprint density at radius 2 is 1.75 bits per heavy atom. The molecule has 5 rings (SSSR count). The number of para-hydroxylation sites is 1. The van der Waals surface area contributed by atoms with Crippen molar-refractivity contribution in [2.75, 3.05) is 33.5 Å². The molecule has 5 heteroatoms. The maximum Gasteiger partial charge on any atom is 0.161 e. The lowest BCUT2D eigenvalue weighted by atomic mass is 9.72. The van der Waals surface area contributed by atoms with E-state index in [-0.39, 0.29) is 11.5 Å². The number of benzene rings is 2. The van der Waals surface area contributed by atoms with Gasteiger partial charge in [0, 0.05) is 12.6 Å². The van der Waals surface area contributed by atoms with E-state index in [2.05, 4.69) is 18.2 Å². The number of hydrogen-bond donors (Lipinski definition) is 0. The van der Waals surface area contributed by atoms with Crippen LogP contribution in [0.2, 0.25) is 0 Å². The van der Waals surface area contributed by atoms with E-state index in [9.17, 15) is 0 Å². The number of fused-ring (bicyclic) bond motifs is 4. The molecule has 0 saturated carbocycles. The van der Waals surface area contributed by atoms with Crippen molar-refractivity contribution in [2.24, 2.45) is 0 Å². The Morgan fingerprint density at radius 3 is 2.67 bits per heavy atom. The van der Waals surface area contributed by atoms with Crippen LogP contribution in [0.15, 0.2) is 42.5 Å². The largest absolute Gasteiger partial charge is 0.492 e. The van der Waals surface area contributed by atoms with Gasteiger partial charge >= 0.3 is 0 Å². The molecule has 3 heterocycles. The third-order valence-electron chi connectivity index (χ3n) is 5.23. The van der Waals surface area contributed by atoms with Crippen molar-refractivity contribution >= 4 is 0 Å². The van der Waals surface area contributed by atoms with Gasteiger partial charge in [0.05, 0.1) is 18.1 Å². The predicted octanol–water partition coefficient (Wildman–Crippen LogP) is 2.71. The van der Waals surface area contributed by atoms with E-state index in [1.165, 1.54) is 5.56 Å². The molecule has 2 aromatic carbocycles. The fourth-order valence-electron chi connectivity index (χ4n) is 4.05.